The van der Waals surface area contributed by atoms with Crippen LogP contribution in [-0.2, 0) is 25.5 Å². The summed E-state index contributed by atoms with van der Waals surface area (Å²) in [6, 6.07) is 21.8. The van der Waals surface area contributed by atoms with E-state index in [0.29, 0.717) is 5.76 Å². The second-order valence-electron chi connectivity index (χ2n) is 9.19. The Bertz CT molecular complexity index is 1350. The summed E-state index contributed by atoms with van der Waals surface area (Å²) in [5.74, 6) is -1.00. The monoisotopic (exact) mass is 486 g/mol. The largest absolute Gasteiger partial charge is 0.459 e. The summed E-state index contributed by atoms with van der Waals surface area (Å²) in [6.07, 6.45) is 0.132. The smallest absolute Gasteiger partial charge is 0.329 e. The number of carbonyl (C=O) groups excluding carboxylic acids is 3. The summed E-state index contributed by atoms with van der Waals surface area (Å²) >= 11 is 0. The zero-order chi connectivity index (χ0) is 25.7. The molecule has 0 aliphatic rings. The highest BCUT2D eigenvalue weighted by Gasteiger charge is 2.27. The lowest BCUT2D eigenvalue weighted by Crippen LogP contribution is -2.46. The molecule has 0 saturated carbocycles. The fourth-order valence-electron chi connectivity index (χ4n) is 4.14. The van der Waals surface area contributed by atoms with Crippen molar-refractivity contribution in [3.8, 4) is 0 Å². The third-order valence-electron chi connectivity index (χ3n) is 6.06. The van der Waals surface area contributed by atoms with Crippen LogP contribution in [0, 0.1) is 5.92 Å². The van der Waals surface area contributed by atoms with Gasteiger partial charge in [-0.3, -0.25) is 9.59 Å². The molecule has 0 aliphatic heterocycles. The predicted molar refractivity (Wildman–Crippen MR) is 138 cm³/mol. The van der Waals surface area contributed by atoms with E-state index in [1.54, 1.807) is 6.92 Å². The Balaban J connectivity index is 1.31. The molecule has 4 rings (SSSR count). The van der Waals surface area contributed by atoms with Crippen molar-refractivity contribution in [3.05, 3.63) is 84.1 Å². The van der Waals surface area contributed by atoms with Gasteiger partial charge in [-0.15, -0.1) is 0 Å². The summed E-state index contributed by atoms with van der Waals surface area (Å²) < 4.78 is 11.0. The second-order valence-corrected chi connectivity index (χ2v) is 9.19. The van der Waals surface area contributed by atoms with Gasteiger partial charge in [-0.2, -0.15) is 0 Å². The molecule has 7 heteroatoms. The van der Waals surface area contributed by atoms with Crippen LogP contribution in [0.15, 0.2) is 77.2 Å². The highest BCUT2D eigenvalue weighted by atomic mass is 16.5. The molecular weight excluding hydrogens is 456 g/mol. The zero-order valence-corrected chi connectivity index (χ0v) is 20.6. The molecule has 0 aliphatic carbocycles. The van der Waals surface area contributed by atoms with Crippen LogP contribution in [0.1, 0.15) is 38.1 Å². The molecular formula is C29H30N2O5. The number of fused-ring (bicyclic) bond motifs is 2. The molecule has 7 nitrogen and oxygen atoms in total. The van der Waals surface area contributed by atoms with E-state index in [1.807, 2.05) is 86.6 Å². The van der Waals surface area contributed by atoms with Crippen molar-refractivity contribution in [2.75, 3.05) is 6.61 Å². The Morgan fingerprint density at radius 1 is 0.833 bits per heavy atom. The van der Waals surface area contributed by atoms with Gasteiger partial charge in [-0.1, -0.05) is 74.5 Å². The molecule has 36 heavy (non-hydrogen) atoms. The number of esters is 1. The fraction of sp³-hybridized carbons (Fsp3) is 0.276. The molecule has 2 N–H and O–H groups in total. The summed E-state index contributed by atoms with van der Waals surface area (Å²) in [5.41, 5.74) is 1.61. The predicted octanol–water partition coefficient (Wildman–Crippen LogP) is 4.69. The van der Waals surface area contributed by atoms with Crippen molar-refractivity contribution >= 4 is 39.5 Å². The lowest BCUT2D eigenvalue weighted by Gasteiger charge is -2.21. The summed E-state index contributed by atoms with van der Waals surface area (Å²) in [7, 11) is 0. The lowest BCUT2D eigenvalue weighted by molar-refractivity contribution is -0.153. The van der Waals surface area contributed by atoms with Crippen molar-refractivity contribution in [1.29, 1.82) is 0 Å². The van der Waals surface area contributed by atoms with Crippen LogP contribution < -0.4 is 10.6 Å². The van der Waals surface area contributed by atoms with E-state index < -0.39 is 30.6 Å². The Morgan fingerprint density at radius 3 is 2.28 bits per heavy atom. The maximum absolute atomic E-state index is 12.8. The van der Waals surface area contributed by atoms with Crippen molar-refractivity contribution in [2.45, 2.75) is 39.3 Å². The van der Waals surface area contributed by atoms with E-state index in [0.717, 1.165) is 27.3 Å². The third kappa shape index (κ3) is 5.92. The van der Waals surface area contributed by atoms with Gasteiger partial charge in [0.25, 0.3) is 5.91 Å². The summed E-state index contributed by atoms with van der Waals surface area (Å²) in [6.45, 7) is 4.97. The SMILES string of the molecule is CC(C)[C@H](NC(=O)Cc1cccc2ccccc12)C(=O)OCC(=O)N[C@H](C)c1cc2ccccc2o1. The van der Waals surface area contributed by atoms with Crippen LogP contribution in [0.25, 0.3) is 21.7 Å². The van der Waals surface area contributed by atoms with E-state index in [1.165, 1.54) is 0 Å². The van der Waals surface area contributed by atoms with Crippen LogP contribution in [-0.4, -0.2) is 30.4 Å². The van der Waals surface area contributed by atoms with Crippen LogP contribution in [0.4, 0.5) is 0 Å². The first-order valence-corrected chi connectivity index (χ1v) is 12.0. The number of amides is 2. The van der Waals surface area contributed by atoms with Gasteiger partial charge in [-0.05, 0) is 41.3 Å². The number of furan rings is 1. The number of nitrogens with one attached hydrogen (secondary N) is 2. The minimum atomic E-state index is -0.868. The Morgan fingerprint density at radius 2 is 1.53 bits per heavy atom. The van der Waals surface area contributed by atoms with Crippen molar-refractivity contribution < 1.29 is 23.5 Å². The Hall–Kier alpha value is -4.13. The number of rotatable bonds is 9. The first-order chi connectivity index (χ1) is 17.3. The minimum Gasteiger partial charge on any atom is -0.459 e. The maximum atomic E-state index is 12.8. The molecule has 186 valence electrons. The number of benzene rings is 3. The number of para-hydroxylation sites is 1. The standard InChI is InChI=1S/C29H30N2O5/c1-18(2)28(31-26(32)16-21-12-8-11-20-9-4-6-13-23(20)21)29(34)35-17-27(33)30-19(3)25-15-22-10-5-7-14-24(22)36-25/h4-15,18-19,28H,16-17H2,1-3H3,(H,30,33)(H,31,32)/t19-,28+/m1/s1. The molecule has 0 fully saturated rings. The van der Waals surface area contributed by atoms with Gasteiger partial charge in [-0.25, -0.2) is 4.79 Å². The highest BCUT2D eigenvalue weighted by molar-refractivity contribution is 5.92. The van der Waals surface area contributed by atoms with Gasteiger partial charge in [0, 0.05) is 5.39 Å². The molecule has 0 spiro atoms. The second kappa shape index (κ2) is 11.1. The average Bonchev–Trinajstić information content (AvgIpc) is 3.30. The van der Waals surface area contributed by atoms with E-state index in [9.17, 15) is 14.4 Å². The zero-order valence-electron chi connectivity index (χ0n) is 20.6. The van der Waals surface area contributed by atoms with E-state index in [-0.39, 0.29) is 18.2 Å². The van der Waals surface area contributed by atoms with Crippen molar-refractivity contribution in [1.82, 2.24) is 10.6 Å². The number of hydrogen-bond donors (Lipinski definition) is 2. The lowest BCUT2D eigenvalue weighted by atomic mass is 10.0. The quantitative estimate of drug-likeness (QED) is 0.335. The topological polar surface area (TPSA) is 97.6 Å². The molecule has 1 heterocycles. The molecule has 0 saturated heterocycles. The Labute approximate surface area is 209 Å². The summed E-state index contributed by atoms with van der Waals surface area (Å²) in [4.78, 5) is 37.9. The number of carbonyl (C=O) groups is 3. The molecule has 4 aromatic rings. The summed E-state index contributed by atoms with van der Waals surface area (Å²) in [5, 5.41) is 8.53. The van der Waals surface area contributed by atoms with Crippen molar-refractivity contribution in [3.63, 3.8) is 0 Å². The molecule has 0 radical (unpaired) electrons. The van der Waals surface area contributed by atoms with Crippen LogP contribution >= 0.6 is 0 Å². The molecule has 3 aromatic carbocycles. The molecule has 2 amide bonds. The first kappa shape index (κ1) is 25.0. The van der Waals surface area contributed by atoms with Gasteiger partial charge in [0.2, 0.25) is 5.91 Å². The van der Waals surface area contributed by atoms with Crippen LogP contribution in [0.2, 0.25) is 0 Å². The number of hydrogen-bond acceptors (Lipinski definition) is 5. The molecule has 2 atom stereocenters. The first-order valence-electron chi connectivity index (χ1n) is 12.0. The van der Waals surface area contributed by atoms with E-state index in [2.05, 4.69) is 10.6 Å². The fourth-order valence-corrected chi connectivity index (χ4v) is 4.14. The Kier molecular flexibility index (Phi) is 7.68. The van der Waals surface area contributed by atoms with Crippen LogP contribution in [0.3, 0.4) is 0 Å². The molecule has 0 unspecified atom stereocenters. The van der Waals surface area contributed by atoms with E-state index in [4.69, 9.17) is 9.15 Å². The average molecular weight is 487 g/mol. The van der Waals surface area contributed by atoms with Crippen LogP contribution in [0.5, 0.6) is 0 Å². The van der Waals surface area contributed by atoms with Gasteiger partial charge in [0.1, 0.15) is 17.4 Å². The van der Waals surface area contributed by atoms with Crippen molar-refractivity contribution in [2.24, 2.45) is 5.92 Å². The van der Waals surface area contributed by atoms with E-state index >= 15 is 0 Å². The minimum absolute atomic E-state index is 0.132. The van der Waals surface area contributed by atoms with Gasteiger partial charge < -0.3 is 19.8 Å². The molecule has 1 aromatic heterocycles. The van der Waals surface area contributed by atoms with Gasteiger partial charge in [0.05, 0.1) is 12.5 Å². The highest BCUT2D eigenvalue weighted by Crippen LogP contribution is 2.23. The normalized spacial score (nSPS) is 12.9. The maximum Gasteiger partial charge on any atom is 0.329 e. The third-order valence-corrected chi connectivity index (χ3v) is 6.06. The molecule has 0 bridgehead atoms. The van der Waals surface area contributed by atoms with Gasteiger partial charge in [0.15, 0.2) is 6.61 Å². The van der Waals surface area contributed by atoms with Gasteiger partial charge >= 0.3 is 5.97 Å². The number of ether oxygens (including phenoxy) is 1.